The van der Waals surface area contributed by atoms with E-state index in [1.807, 2.05) is 68.3 Å². The SMILES string of the molecule is CN(C)Cc1cccc(-c2cc(N(C)C)c3c(c2O)C(O)=C2C(=O)[C@@]4(O)C(O)=C(C(N)=O)C(=O)[C@H](N(C)C)[C@H]4C[C@H]2C3)c1. The molecule has 0 spiro atoms. The van der Waals surface area contributed by atoms with E-state index in [9.17, 15) is 34.8 Å². The minimum atomic E-state index is -2.68. The molecule has 3 aliphatic carbocycles. The Bertz CT molecular complexity index is 1620. The number of aliphatic hydroxyl groups excluding tert-OH is 2. The molecule has 4 atom stereocenters. The number of likely N-dealkylation sites (N-methyl/N-ethyl adjacent to an activating group) is 1. The van der Waals surface area contributed by atoms with E-state index in [1.165, 1.54) is 4.90 Å². The summed E-state index contributed by atoms with van der Waals surface area (Å²) >= 11 is 0. The fourth-order valence-electron chi connectivity index (χ4n) is 7.11. The Morgan fingerprint density at radius 1 is 1.05 bits per heavy atom. The van der Waals surface area contributed by atoms with E-state index >= 15 is 0 Å². The molecule has 1 amide bonds. The summed E-state index contributed by atoms with van der Waals surface area (Å²) in [6, 6.07) is 8.38. The third kappa shape index (κ3) is 4.50. The van der Waals surface area contributed by atoms with Crippen LogP contribution in [0.5, 0.6) is 5.75 Å². The van der Waals surface area contributed by atoms with Crippen LogP contribution in [0.15, 0.2) is 47.2 Å². The van der Waals surface area contributed by atoms with Crippen LogP contribution in [-0.2, 0) is 27.3 Å². The quantitative estimate of drug-likeness (QED) is 0.313. The second kappa shape index (κ2) is 10.5. The van der Waals surface area contributed by atoms with Gasteiger partial charge in [0, 0.05) is 43.4 Å². The third-order valence-electron chi connectivity index (χ3n) is 8.92. The molecule has 43 heavy (non-hydrogen) atoms. The molecule has 11 heteroatoms. The van der Waals surface area contributed by atoms with Crippen molar-refractivity contribution < 1.29 is 34.8 Å². The van der Waals surface area contributed by atoms with Gasteiger partial charge in [-0.05, 0) is 75.8 Å². The van der Waals surface area contributed by atoms with Gasteiger partial charge >= 0.3 is 0 Å². The van der Waals surface area contributed by atoms with Gasteiger partial charge in [0.25, 0.3) is 5.91 Å². The number of rotatable bonds is 6. The highest BCUT2D eigenvalue weighted by Gasteiger charge is 2.64. The van der Waals surface area contributed by atoms with E-state index in [-0.39, 0.29) is 29.7 Å². The zero-order valence-electron chi connectivity index (χ0n) is 25.2. The maximum absolute atomic E-state index is 14.2. The number of hydrogen-bond donors (Lipinski definition) is 5. The Kier molecular flexibility index (Phi) is 7.40. The van der Waals surface area contributed by atoms with Crippen LogP contribution in [0, 0.1) is 11.8 Å². The predicted molar refractivity (Wildman–Crippen MR) is 161 cm³/mol. The van der Waals surface area contributed by atoms with E-state index in [4.69, 9.17) is 5.73 Å². The Hall–Kier alpha value is -4.19. The maximum atomic E-state index is 14.2. The molecule has 1 saturated carbocycles. The highest BCUT2D eigenvalue weighted by Crippen LogP contribution is 2.54. The first-order valence-electron chi connectivity index (χ1n) is 14.1. The number of primary amides is 1. The summed E-state index contributed by atoms with van der Waals surface area (Å²) in [5.74, 6) is -6.68. The molecule has 2 aromatic carbocycles. The first kappa shape index (κ1) is 30.3. The highest BCUT2D eigenvalue weighted by atomic mass is 16.3. The number of phenols is 1. The van der Waals surface area contributed by atoms with Crippen LogP contribution in [0.1, 0.15) is 23.1 Å². The van der Waals surface area contributed by atoms with Crippen LogP contribution >= 0.6 is 0 Å². The van der Waals surface area contributed by atoms with Crippen molar-refractivity contribution in [1.29, 1.82) is 0 Å². The number of carbonyl (C=O) groups excluding carboxylic acids is 3. The van der Waals surface area contributed by atoms with Gasteiger partial charge in [0.05, 0.1) is 11.6 Å². The molecule has 0 aliphatic heterocycles. The van der Waals surface area contributed by atoms with Crippen molar-refractivity contribution in [2.24, 2.45) is 17.6 Å². The number of Topliss-reactive ketones (excluding diaryl/α,β-unsaturated/α-hetero) is 2. The van der Waals surface area contributed by atoms with Crippen molar-refractivity contribution in [3.05, 3.63) is 63.9 Å². The van der Waals surface area contributed by atoms with Crippen molar-refractivity contribution in [2.75, 3.05) is 47.2 Å². The molecule has 0 heterocycles. The molecule has 2 aromatic rings. The van der Waals surface area contributed by atoms with Gasteiger partial charge in [0.15, 0.2) is 11.4 Å². The number of anilines is 1. The summed E-state index contributed by atoms with van der Waals surface area (Å²) in [6.07, 6.45) is 0.254. The van der Waals surface area contributed by atoms with Gasteiger partial charge in [-0.3, -0.25) is 19.3 Å². The zero-order valence-corrected chi connectivity index (χ0v) is 25.2. The summed E-state index contributed by atoms with van der Waals surface area (Å²) in [5, 5.41) is 46.3. The van der Waals surface area contributed by atoms with Crippen molar-refractivity contribution in [2.45, 2.75) is 31.0 Å². The lowest BCUT2D eigenvalue weighted by molar-refractivity contribution is -0.153. The Morgan fingerprint density at radius 2 is 1.72 bits per heavy atom. The average molecular weight is 591 g/mol. The van der Waals surface area contributed by atoms with Crippen molar-refractivity contribution in [3.8, 4) is 16.9 Å². The predicted octanol–water partition coefficient (Wildman–Crippen LogP) is 1.76. The van der Waals surface area contributed by atoms with Crippen LogP contribution < -0.4 is 10.6 Å². The van der Waals surface area contributed by atoms with Gasteiger partial charge in [-0.15, -0.1) is 0 Å². The van der Waals surface area contributed by atoms with Crippen molar-refractivity contribution in [1.82, 2.24) is 9.80 Å². The first-order valence-corrected chi connectivity index (χ1v) is 14.1. The summed E-state index contributed by atoms with van der Waals surface area (Å²) in [4.78, 5) is 45.1. The molecule has 1 fully saturated rings. The van der Waals surface area contributed by atoms with E-state index in [2.05, 4.69) is 0 Å². The maximum Gasteiger partial charge on any atom is 0.255 e. The molecule has 228 valence electrons. The monoisotopic (exact) mass is 590 g/mol. The number of ketones is 2. The second-order valence-electron chi connectivity index (χ2n) is 12.4. The van der Waals surface area contributed by atoms with Gasteiger partial charge in [0.2, 0.25) is 5.78 Å². The molecule has 11 nitrogen and oxygen atoms in total. The minimum Gasteiger partial charge on any atom is -0.508 e. The van der Waals surface area contributed by atoms with Crippen molar-refractivity contribution >= 4 is 28.9 Å². The van der Waals surface area contributed by atoms with Crippen molar-refractivity contribution in [3.63, 3.8) is 0 Å². The first-order chi connectivity index (χ1) is 20.1. The Balaban J connectivity index is 1.74. The number of nitrogens with zero attached hydrogens (tertiary/aromatic N) is 3. The molecule has 0 radical (unpaired) electrons. The molecule has 5 rings (SSSR count). The zero-order chi connectivity index (χ0) is 31.7. The fourth-order valence-corrected chi connectivity index (χ4v) is 7.11. The van der Waals surface area contributed by atoms with Crippen LogP contribution in [0.25, 0.3) is 16.9 Å². The van der Waals surface area contributed by atoms with Gasteiger partial charge in [-0.2, -0.15) is 0 Å². The number of amides is 1. The lowest BCUT2D eigenvalue weighted by Crippen LogP contribution is -2.65. The number of nitrogens with two attached hydrogens (primary N) is 1. The van der Waals surface area contributed by atoms with E-state index in [1.54, 1.807) is 14.1 Å². The van der Waals surface area contributed by atoms with Crippen LogP contribution in [0.3, 0.4) is 0 Å². The van der Waals surface area contributed by atoms with Crippen LogP contribution in [-0.4, -0.2) is 102 Å². The number of hydrogen-bond acceptors (Lipinski definition) is 10. The minimum absolute atomic E-state index is 0.0354. The molecule has 0 unspecified atom stereocenters. The van der Waals surface area contributed by atoms with E-state index in [0.717, 1.165) is 11.3 Å². The molecule has 0 saturated heterocycles. The van der Waals surface area contributed by atoms with Gasteiger partial charge in [-0.1, -0.05) is 18.2 Å². The van der Waals surface area contributed by atoms with Crippen LogP contribution in [0.4, 0.5) is 5.69 Å². The molecule has 6 N–H and O–H groups in total. The number of phenolic OH excluding ortho intramolecular Hbond substituents is 1. The normalized spacial score (nSPS) is 25.2. The number of carbonyl (C=O) groups is 3. The Labute approximate surface area is 250 Å². The van der Waals surface area contributed by atoms with Gasteiger partial charge < -0.3 is 36.0 Å². The average Bonchev–Trinajstić information content (AvgIpc) is 2.90. The molecule has 3 aliphatic rings. The fraction of sp³-hybridized carbons (Fsp3) is 0.406. The summed E-state index contributed by atoms with van der Waals surface area (Å²) in [7, 11) is 10.7. The number of benzene rings is 2. The molecular formula is C32H38N4O7. The third-order valence-corrected chi connectivity index (χ3v) is 8.92. The number of aromatic hydroxyl groups is 1. The van der Waals surface area contributed by atoms with Gasteiger partial charge in [0.1, 0.15) is 22.8 Å². The molecular weight excluding hydrogens is 552 g/mol. The lowest BCUT2D eigenvalue weighted by atomic mass is 9.57. The highest BCUT2D eigenvalue weighted by molar-refractivity contribution is 6.24. The molecule has 0 aromatic heterocycles. The summed E-state index contributed by atoms with van der Waals surface area (Å²) < 4.78 is 0. The van der Waals surface area contributed by atoms with Gasteiger partial charge in [-0.25, -0.2) is 0 Å². The Morgan fingerprint density at radius 3 is 2.30 bits per heavy atom. The topological polar surface area (TPSA) is 168 Å². The summed E-state index contributed by atoms with van der Waals surface area (Å²) in [6.45, 7) is 0.673. The number of fused-ring (bicyclic) bond motifs is 3. The second-order valence-corrected chi connectivity index (χ2v) is 12.4. The lowest BCUT2D eigenvalue weighted by Gasteiger charge is -2.50. The van der Waals surface area contributed by atoms with E-state index < -0.39 is 58.0 Å². The number of aliphatic hydroxyl groups is 3. The smallest absolute Gasteiger partial charge is 0.255 e. The van der Waals surface area contributed by atoms with Crippen LogP contribution in [0.2, 0.25) is 0 Å². The largest absolute Gasteiger partial charge is 0.508 e. The standard InChI is InChI=1S/C32H38N4O7/c1-34(2)14-15-8-7-9-16(10-15)18-13-21(35(3)4)19-11-17-12-20-25(36(5)6)28(39)24(31(33)42)30(41)32(20,43)29(40)22(17)27(38)23(19)26(18)37/h7-10,13,17,20,25,37-38,41,43H,11-12,14H2,1-6H3,(H2,33,42)/t17-,20-,25-,32-/m1/s1. The summed E-state index contributed by atoms with van der Waals surface area (Å²) in [5.41, 5.74) is 5.30. The van der Waals surface area contributed by atoms with E-state index in [0.29, 0.717) is 23.2 Å². The molecule has 0 bridgehead atoms.